The van der Waals surface area contributed by atoms with Gasteiger partial charge in [-0.15, -0.1) is 11.5 Å². The molecular formula is C12H20OSi. The highest BCUT2D eigenvalue weighted by Crippen LogP contribution is 1.98. The summed E-state index contributed by atoms with van der Waals surface area (Å²) in [6.45, 7) is 12.9. The third-order valence-electron chi connectivity index (χ3n) is 1.37. The van der Waals surface area contributed by atoms with E-state index in [4.69, 9.17) is 4.74 Å². The van der Waals surface area contributed by atoms with Crippen LogP contribution >= 0.6 is 0 Å². The maximum absolute atomic E-state index is 5.40. The van der Waals surface area contributed by atoms with Crippen molar-refractivity contribution < 1.29 is 4.74 Å². The summed E-state index contributed by atoms with van der Waals surface area (Å²) in [5.41, 5.74) is 3.30. The molecule has 0 aromatic heterocycles. The summed E-state index contributed by atoms with van der Waals surface area (Å²) in [6.07, 6.45) is 4.39. The molecule has 0 aliphatic rings. The lowest BCUT2D eigenvalue weighted by Gasteiger charge is -2.04. The van der Waals surface area contributed by atoms with Crippen molar-refractivity contribution in [2.24, 2.45) is 0 Å². The van der Waals surface area contributed by atoms with E-state index in [1.807, 2.05) is 13.0 Å². The van der Waals surface area contributed by atoms with Crippen molar-refractivity contribution in [2.45, 2.75) is 33.0 Å². The van der Waals surface area contributed by atoms with Crippen molar-refractivity contribution >= 4 is 8.07 Å². The fraction of sp³-hybridized carbons (Fsp3) is 0.500. The molecule has 0 aromatic rings. The van der Waals surface area contributed by atoms with Crippen molar-refractivity contribution in [1.29, 1.82) is 0 Å². The maximum Gasteiger partial charge on any atom is 0.129 e. The summed E-state index contributed by atoms with van der Waals surface area (Å²) in [6, 6.07) is 0. The molecular weight excluding hydrogens is 188 g/mol. The van der Waals surface area contributed by atoms with Crippen LogP contribution in [0.25, 0.3) is 0 Å². The van der Waals surface area contributed by atoms with E-state index in [1.165, 1.54) is 0 Å². The molecule has 0 saturated heterocycles. The summed E-state index contributed by atoms with van der Waals surface area (Å²) in [5.74, 6) is 4.05. The lowest BCUT2D eigenvalue weighted by molar-refractivity contribution is 0.221. The van der Waals surface area contributed by atoms with Gasteiger partial charge >= 0.3 is 0 Å². The molecule has 78 valence electrons. The maximum atomic E-state index is 5.40. The van der Waals surface area contributed by atoms with Crippen LogP contribution in [0.5, 0.6) is 0 Å². The second-order valence-electron chi connectivity index (χ2n) is 4.16. The first-order valence-electron chi connectivity index (χ1n) is 4.88. The van der Waals surface area contributed by atoms with E-state index in [9.17, 15) is 0 Å². The third-order valence-corrected chi connectivity index (χ3v) is 2.30. The normalized spacial score (nSPS) is 11.6. The Balaban J connectivity index is 3.70. The van der Waals surface area contributed by atoms with Crippen molar-refractivity contribution in [2.75, 3.05) is 6.61 Å². The number of rotatable bonds is 4. The summed E-state index contributed by atoms with van der Waals surface area (Å²) >= 11 is 0. The van der Waals surface area contributed by atoms with Gasteiger partial charge < -0.3 is 4.74 Å². The van der Waals surface area contributed by atoms with Gasteiger partial charge in [0.2, 0.25) is 0 Å². The van der Waals surface area contributed by atoms with E-state index in [-0.39, 0.29) is 0 Å². The first kappa shape index (κ1) is 13.1. The van der Waals surface area contributed by atoms with Crippen molar-refractivity contribution in [3.8, 4) is 11.5 Å². The second-order valence-corrected chi connectivity index (χ2v) is 8.91. The van der Waals surface area contributed by atoms with Crippen LogP contribution in [0.3, 0.4) is 0 Å². The van der Waals surface area contributed by atoms with Gasteiger partial charge in [-0.3, -0.25) is 0 Å². The molecule has 0 aliphatic heterocycles. The molecule has 0 heterocycles. The van der Waals surface area contributed by atoms with Gasteiger partial charge in [0.1, 0.15) is 8.07 Å². The predicted molar refractivity (Wildman–Crippen MR) is 65.6 cm³/mol. The first-order valence-corrected chi connectivity index (χ1v) is 8.38. The Labute approximate surface area is 88.9 Å². The van der Waals surface area contributed by atoms with Crippen LogP contribution in [0.2, 0.25) is 19.6 Å². The van der Waals surface area contributed by atoms with Gasteiger partial charge in [-0.25, -0.2) is 0 Å². The number of hydrogen-bond acceptors (Lipinski definition) is 1. The Kier molecular flexibility index (Phi) is 6.06. The first-order chi connectivity index (χ1) is 6.45. The molecule has 0 N–H and O–H groups in total. The van der Waals surface area contributed by atoms with E-state index in [2.05, 4.69) is 37.7 Å². The van der Waals surface area contributed by atoms with Crippen LogP contribution < -0.4 is 0 Å². The second kappa shape index (κ2) is 6.50. The molecule has 2 heteroatoms. The zero-order valence-corrected chi connectivity index (χ0v) is 10.7. The number of hydrogen-bond donors (Lipinski definition) is 0. The minimum absolute atomic E-state index is 0.674. The van der Waals surface area contributed by atoms with E-state index < -0.39 is 8.07 Å². The monoisotopic (exact) mass is 208 g/mol. The Morgan fingerprint density at radius 3 is 2.57 bits per heavy atom. The average Bonchev–Trinajstić information content (AvgIpc) is 2.02. The van der Waals surface area contributed by atoms with Gasteiger partial charge in [0, 0.05) is 6.42 Å². The Morgan fingerprint density at radius 2 is 2.07 bits per heavy atom. The molecule has 0 unspecified atom stereocenters. The zero-order valence-electron chi connectivity index (χ0n) is 9.68. The lowest BCUT2D eigenvalue weighted by atomic mass is 10.4. The van der Waals surface area contributed by atoms with Crippen LogP contribution in [-0.4, -0.2) is 14.7 Å². The SMILES string of the molecule is C=C/C=C(\C)OCCC#C[Si](C)(C)C. The lowest BCUT2D eigenvalue weighted by Crippen LogP contribution is -2.16. The molecule has 0 fully saturated rings. The van der Waals surface area contributed by atoms with Crippen LogP contribution in [0.15, 0.2) is 24.5 Å². The molecule has 0 saturated carbocycles. The molecule has 0 spiro atoms. The van der Waals surface area contributed by atoms with E-state index in [0.29, 0.717) is 6.61 Å². The minimum Gasteiger partial charge on any atom is -0.497 e. The number of ether oxygens (including phenoxy) is 1. The highest BCUT2D eigenvalue weighted by atomic mass is 28.3. The van der Waals surface area contributed by atoms with Crippen LogP contribution in [-0.2, 0) is 4.74 Å². The van der Waals surface area contributed by atoms with Gasteiger partial charge in [0.05, 0.1) is 12.4 Å². The van der Waals surface area contributed by atoms with Gasteiger partial charge in [0.25, 0.3) is 0 Å². The summed E-state index contributed by atoms with van der Waals surface area (Å²) < 4.78 is 5.40. The van der Waals surface area contributed by atoms with E-state index >= 15 is 0 Å². The molecule has 0 aliphatic carbocycles. The standard InChI is InChI=1S/C12H20OSi/c1-6-9-12(2)13-10-7-8-11-14(3,4)5/h6,9H,1,7,10H2,2-5H3/b12-9+. The van der Waals surface area contributed by atoms with Gasteiger partial charge in [-0.1, -0.05) is 32.3 Å². The minimum atomic E-state index is -1.20. The molecule has 1 nitrogen and oxygen atoms in total. The molecule has 0 atom stereocenters. The molecule has 0 rings (SSSR count). The topological polar surface area (TPSA) is 9.23 Å². The predicted octanol–water partition coefficient (Wildman–Crippen LogP) is 3.36. The summed E-state index contributed by atoms with van der Waals surface area (Å²) in [5, 5.41) is 0. The molecule has 14 heavy (non-hydrogen) atoms. The van der Waals surface area contributed by atoms with Gasteiger partial charge in [-0.2, -0.15) is 0 Å². The smallest absolute Gasteiger partial charge is 0.129 e. The molecule has 0 bridgehead atoms. The highest BCUT2D eigenvalue weighted by Gasteiger charge is 2.06. The Hall–Kier alpha value is -0.943. The Bertz CT molecular complexity index is 260. The van der Waals surface area contributed by atoms with Crippen LogP contribution in [0.4, 0.5) is 0 Å². The van der Waals surface area contributed by atoms with Gasteiger partial charge in [0.15, 0.2) is 0 Å². The summed E-state index contributed by atoms with van der Waals surface area (Å²) in [7, 11) is -1.20. The highest BCUT2D eigenvalue weighted by molar-refractivity contribution is 6.83. The fourth-order valence-corrected chi connectivity index (χ4v) is 1.46. The van der Waals surface area contributed by atoms with Crippen molar-refractivity contribution in [3.05, 3.63) is 24.5 Å². The average molecular weight is 208 g/mol. The largest absolute Gasteiger partial charge is 0.497 e. The van der Waals surface area contributed by atoms with Crippen LogP contribution in [0, 0.1) is 11.5 Å². The van der Waals surface area contributed by atoms with Crippen molar-refractivity contribution in [3.63, 3.8) is 0 Å². The fourth-order valence-electron chi connectivity index (χ4n) is 0.805. The quantitative estimate of drug-likeness (QED) is 0.226. The molecule has 0 amide bonds. The zero-order chi connectivity index (χ0) is 11.0. The number of allylic oxidation sites excluding steroid dienone is 3. The van der Waals surface area contributed by atoms with Crippen LogP contribution in [0.1, 0.15) is 13.3 Å². The third kappa shape index (κ3) is 9.15. The van der Waals surface area contributed by atoms with E-state index in [0.717, 1.165) is 12.2 Å². The van der Waals surface area contributed by atoms with E-state index in [1.54, 1.807) is 6.08 Å². The van der Waals surface area contributed by atoms with Gasteiger partial charge in [-0.05, 0) is 13.0 Å². The van der Waals surface area contributed by atoms with Crippen molar-refractivity contribution in [1.82, 2.24) is 0 Å². The molecule has 0 aromatic carbocycles. The summed E-state index contributed by atoms with van der Waals surface area (Å²) in [4.78, 5) is 0. The molecule has 0 radical (unpaired) electrons. The Morgan fingerprint density at radius 1 is 1.43 bits per heavy atom.